The van der Waals surface area contributed by atoms with Crippen molar-refractivity contribution in [3.05, 3.63) is 23.9 Å². The van der Waals surface area contributed by atoms with E-state index in [9.17, 15) is 26.4 Å². The molecule has 0 aliphatic rings. The number of rotatable bonds is 6. The Morgan fingerprint density at radius 3 is 2.50 bits per heavy atom. The predicted octanol–water partition coefficient (Wildman–Crippen LogP) is 1.31. The van der Waals surface area contributed by atoms with Crippen LogP contribution < -0.4 is 4.72 Å². The second-order valence-electron chi connectivity index (χ2n) is 3.38. The summed E-state index contributed by atoms with van der Waals surface area (Å²) in [6, 6.07) is 2.00. The number of halogens is 3. The molecular formula is C9H9F3N2O4S2. The van der Waals surface area contributed by atoms with E-state index in [-0.39, 0.29) is 17.3 Å². The third-order valence-corrected chi connectivity index (χ3v) is 4.03. The molecule has 2 N–H and O–H groups in total. The smallest absolute Gasteiger partial charge is 0.441 e. The monoisotopic (exact) mass is 330 g/mol. The molecule has 0 aromatic carbocycles. The van der Waals surface area contributed by atoms with Crippen molar-refractivity contribution in [2.75, 3.05) is 12.3 Å². The molecule has 0 aliphatic carbocycles. The van der Waals surface area contributed by atoms with Gasteiger partial charge in [-0.1, -0.05) is 0 Å². The zero-order valence-electron chi connectivity index (χ0n) is 9.72. The van der Waals surface area contributed by atoms with Crippen molar-refractivity contribution in [1.82, 2.24) is 9.71 Å². The fraction of sp³-hybridized carbons (Fsp3) is 0.333. The van der Waals surface area contributed by atoms with Gasteiger partial charge in [0.25, 0.3) is 10.0 Å². The van der Waals surface area contributed by atoms with E-state index in [1.54, 1.807) is 0 Å². The number of sulfonamides is 1. The lowest BCUT2D eigenvalue weighted by Crippen LogP contribution is -2.27. The highest BCUT2D eigenvalue weighted by Crippen LogP contribution is 2.29. The highest BCUT2D eigenvalue weighted by Gasteiger charge is 2.27. The Labute approximate surface area is 116 Å². The maximum Gasteiger partial charge on any atom is 0.441 e. The molecule has 0 atom stereocenters. The first-order valence-corrected chi connectivity index (χ1v) is 7.48. The van der Waals surface area contributed by atoms with Crippen molar-refractivity contribution in [3.8, 4) is 0 Å². The van der Waals surface area contributed by atoms with Gasteiger partial charge in [0.05, 0.1) is 5.56 Å². The van der Waals surface area contributed by atoms with Gasteiger partial charge in [-0.05, 0) is 23.9 Å². The molecule has 0 saturated heterocycles. The van der Waals surface area contributed by atoms with E-state index in [0.717, 1.165) is 18.3 Å². The zero-order chi connectivity index (χ0) is 15.4. The molecule has 1 aromatic heterocycles. The standard InChI is InChI=1S/C9H9F3N2O4S2/c10-9(11,12)19-4-3-14-20(17,18)7-2-1-6(5-13-7)8(15)16/h1-2,5,14H,3-4H2,(H,15,16). The number of carboxylic acids is 1. The minimum Gasteiger partial charge on any atom is -0.478 e. The summed E-state index contributed by atoms with van der Waals surface area (Å²) in [4.78, 5) is 14.0. The topological polar surface area (TPSA) is 96.4 Å². The molecule has 1 rings (SSSR count). The Balaban J connectivity index is 2.62. The van der Waals surface area contributed by atoms with Crippen LogP contribution in [-0.4, -0.2) is 42.3 Å². The van der Waals surface area contributed by atoms with Crippen LogP contribution in [0.5, 0.6) is 0 Å². The Hall–Kier alpha value is -1.33. The lowest BCUT2D eigenvalue weighted by Gasteiger charge is -2.07. The van der Waals surface area contributed by atoms with E-state index in [1.807, 2.05) is 4.72 Å². The summed E-state index contributed by atoms with van der Waals surface area (Å²) in [7, 11) is -4.06. The Kier molecular flexibility index (Phi) is 5.36. The van der Waals surface area contributed by atoms with Crippen LogP contribution in [0.2, 0.25) is 0 Å². The second kappa shape index (κ2) is 6.41. The van der Waals surface area contributed by atoms with E-state index >= 15 is 0 Å². The number of thioether (sulfide) groups is 1. The van der Waals surface area contributed by atoms with Gasteiger partial charge in [0.1, 0.15) is 0 Å². The molecule has 0 radical (unpaired) electrons. The van der Waals surface area contributed by atoms with Gasteiger partial charge >= 0.3 is 11.5 Å². The van der Waals surface area contributed by atoms with E-state index < -0.39 is 38.8 Å². The zero-order valence-corrected chi connectivity index (χ0v) is 11.3. The number of aromatic carboxylic acids is 1. The number of hydrogen-bond acceptors (Lipinski definition) is 5. The number of aromatic nitrogens is 1. The fourth-order valence-electron chi connectivity index (χ4n) is 1.08. The van der Waals surface area contributed by atoms with E-state index in [1.165, 1.54) is 0 Å². The van der Waals surface area contributed by atoms with E-state index in [4.69, 9.17) is 5.11 Å². The van der Waals surface area contributed by atoms with Crippen LogP contribution in [0.3, 0.4) is 0 Å². The van der Waals surface area contributed by atoms with Crippen molar-refractivity contribution >= 4 is 27.8 Å². The summed E-state index contributed by atoms with van der Waals surface area (Å²) in [6.07, 6.45) is 0.849. The van der Waals surface area contributed by atoms with Gasteiger partial charge in [0.15, 0.2) is 5.03 Å². The maximum atomic E-state index is 11.8. The molecule has 1 heterocycles. The molecule has 0 fully saturated rings. The molecule has 0 spiro atoms. The van der Waals surface area contributed by atoms with Crippen molar-refractivity contribution in [1.29, 1.82) is 0 Å². The van der Waals surface area contributed by atoms with Gasteiger partial charge in [0, 0.05) is 18.5 Å². The summed E-state index contributed by atoms with van der Waals surface area (Å²) in [5.74, 6) is -1.74. The molecule has 0 amide bonds. The number of alkyl halides is 3. The molecule has 0 unspecified atom stereocenters. The number of nitrogens with zero attached hydrogens (tertiary/aromatic N) is 1. The fourth-order valence-corrected chi connectivity index (χ4v) is 2.60. The third-order valence-electron chi connectivity index (χ3n) is 1.92. The van der Waals surface area contributed by atoms with Crippen LogP contribution in [0.15, 0.2) is 23.4 Å². The lowest BCUT2D eigenvalue weighted by molar-refractivity contribution is -0.0327. The second-order valence-corrected chi connectivity index (χ2v) is 6.26. The normalized spacial score (nSPS) is 12.3. The van der Waals surface area contributed by atoms with Crippen LogP contribution in [0.1, 0.15) is 10.4 Å². The van der Waals surface area contributed by atoms with Gasteiger partial charge in [-0.25, -0.2) is 22.9 Å². The summed E-state index contributed by atoms with van der Waals surface area (Å²) in [5, 5.41) is 8.15. The summed E-state index contributed by atoms with van der Waals surface area (Å²) in [5.41, 5.74) is -4.62. The highest BCUT2D eigenvalue weighted by molar-refractivity contribution is 8.00. The third kappa shape index (κ3) is 5.35. The first kappa shape index (κ1) is 16.7. The molecule has 0 saturated carbocycles. The van der Waals surface area contributed by atoms with Crippen molar-refractivity contribution < 1.29 is 31.5 Å². The summed E-state index contributed by atoms with van der Waals surface area (Å²) < 4.78 is 60.7. The average molecular weight is 330 g/mol. The number of pyridine rings is 1. The summed E-state index contributed by atoms with van der Waals surface area (Å²) in [6.45, 7) is -0.422. The van der Waals surface area contributed by atoms with Crippen molar-refractivity contribution in [2.45, 2.75) is 10.5 Å². The predicted molar refractivity (Wildman–Crippen MR) is 64.9 cm³/mol. The van der Waals surface area contributed by atoms with Gasteiger partial charge in [-0.2, -0.15) is 13.2 Å². The molecule has 6 nitrogen and oxygen atoms in total. The van der Waals surface area contributed by atoms with Crippen molar-refractivity contribution in [2.24, 2.45) is 0 Å². The van der Waals surface area contributed by atoms with Gasteiger partial charge < -0.3 is 5.11 Å². The average Bonchev–Trinajstić information content (AvgIpc) is 2.34. The molecule has 11 heteroatoms. The minimum atomic E-state index is -4.42. The van der Waals surface area contributed by atoms with Gasteiger partial charge in [-0.15, -0.1) is 0 Å². The quantitative estimate of drug-likeness (QED) is 0.764. The highest BCUT2D eigenvalue weighted by atomic mass is 32.2. The molecule has 0 bridgehead atoms. The van der Waals surface area contributed by atoms with Crippen LogP contribution in [0.25, 0.3) is 0 Å². The maximum absolute atomic E-state index is 11.8. The Bertz CT molecular complexity index is 572. The molecule has 112 valence electrons. The molecular weight excluding hydrogens is 321 g/mol. The number of nitrogens with one attached hydrogen (secondary N) is 1. The first-order chi connectivity index (χ1) is 9.12. The largest absolute Gasteiger partial charge is 0.478 e. The first-order valence-electron chi connectivity index (χ1n) is 5.01. The number of carbonyl (C=O) groups is 1. The van der Waals surface area contributed by atoms with Gasteiger partial charge in [0.2, 0.25) is 0 Å². The lowest BCUT2D eigenvalue weighted by atomic mass is 10.3. The van der Waals surface area contributed by atoms with E-state index in [0.29, 0.717) is 0 Å². The van der Waals surface area contributed by atoms with Crippen LogP contribution in [0.4, 0.5) is 13.2 Å². The molecule has 0 aliphatic heterocycles. The SMILES string of the molecule is O=C(O)c1ccc(S(=O)(=O)NCCSC(F)(F)F)nc1. The molecule has 20 heavy (non-hydrogen) atoms. The van der Waals surface area contributed by atoms with Gasteiger partial charge in [-0.3, -0.25) is 0 Å². The van der Waals surface area contributed by atoms with Crippen molar-refractivity contribution in [3.63, 3.8) is 0 Å². The molecule has 1 aromatic rings. The minimum absolute atomic E-state index is 0.198. The Morgan fingerprint density at radius 1 is 1.40 bits per heavy atom. The van der Waals surface area contributed by atoms with Crippen LogP contribution in [-0.2, 0) is 10.0 Å². The van der Waals surface area contributed by atoms with E-state index in [2.05, 4.69) is 4.98 Å². The number of hydrogen-bond donors (Lipinski definition) is 2. The summed E-state index contributed by atoms with van der Waals surface area (Å²) >= 11 is -0.349. The van der Waals surface area contributed by atoms with Crippen LogP contribution in [0, 0.1) is 0 Å². The Morgan fingerprint density at radius 2 is 2.05 bits per heavy atom. The van der Waals surface area contributed by atoms with Crippen LogP contribution >= 0.6 is 11.8 Å². The number of carboxylic acid groups (broad SMARTS) is 1.